The molecule has 1 aromatic rings. The maximum Gasteiger partial charge on any atom is 0.418 e. The molecule has 1 fully saturated rings. The van der Waals surface area contributed by atoms with Crippen LogP contribution in [0.15, 0.2) is 41.9 Å². The van der Waals surface area contributed by atoms with Crippen molar-refractivity contribution in [2.24, 2.45) is 4.99 Å². The Hall–Kier alpha value is -2.29. The van der Waals surface area contributed by atoms with E-state index in [1.807, 2.05) is 0 Å². The summed E-state index contributed by atoms with van der Waals surface area (Å²) in [5.41, 5.74) is -1.27. The van der Waals surface area contributed by atoms with Crippen LogP contribution in [0, 0.1) is 0 Å². The van der Waals surface area contributed by atoms with E-state index in [0.29, 0.717) is 11.7 Å². The second-order valence-corrected chi connectivity index (χ2v) is 6.02. The summed E-state index contributed by atoms with van der Waals surface area (Å²) in [6.07, 6.45) is -3.28. The summed E-state index contributed by atoms with van der Waals surface area (Å²) in [4.78, 5) is 27.8. The van der Waals surface area contributed by atoms with Crippen molar-refractivity contribution >= 4 is 34.4 Å². The molecule has 0 aromatic heterocycles. The van der Waals surface area contributed by atoms with E-state index < -0.39 is 28.8 Å². The number of aliphatic imine (C=N–C) groups is 1. The van der Waals surface area contributed by atoms with Gasteiger partial charge in [-0.3, -0.25) is 14.6 Å². The molecule has 1 aliphatic rings. The lowest BCUT2D eigenvalue weighted by Gasteiger charge is -2.14. The molecule has 128 valence electrons. The van der Waals surface area contributed by atoms with Gasteiger partial charge < -0.3 is 10.6 Å². The molecule has 1 saturated heterocycles. The Kier molecular flexibility index (Phi) is 5.66. The Labute approximate surface area is 140 Å². The third-order valence-corrected chi connectivity index (χ3v) is 4.14. The lowest BCUT2D eigenvalue weighted by atomic mass is 10.1. The summed E-state index contributed by atoms with van der Waals surface area (Å²) in [7, 11) is 0. The van der Waals surface area contributed by atoms with Crippen molar-refractivity contribution < 1.29 is 22.8 Å². The van der Waals surface area contributed by atoms with Crippen LogP contribution in [0.2, 0.25) is 0 Å². The number of nitrogens with one attached hydrogen (secondary N) is 2. The number of alkyl halides is 3. The maximum atomic E-state index is 12.9. The van der Waals surface area contributed by atoms with Crippen molar-refractivity contribution in [1.29, 1.82) is 0 Å². The Morgan fingerprint density at radius 1 is 1.42 bits per heavy atom. The first-order chi connectivity index (χ1) is 11.3. The van der Waals surface area contributed by atoms with E-state index >= 15 is 0 Å². The summed E-state index contributed by atoms with van der Waals surface area (Å²) in [5.74, 6) is -1.08. The lowest BCUT2D eigenvalue weighted by Crippen LogP contribution is -2.28. The first-order valence-electron chi connectivity index (χ1n) is 6.90. The summed E-state index contributed by atoms with van der Waals surface area (Å²) >= 11 is 1.07. The molecule has 24 heavy (non-hydrogen) atoms. The van der Waals surface area contributed by atoms with Crippen LogP contribution in [0.4, 0.5) is 18.9 Å². The number of rotatable bonds is 5. The minimum absolute atomic E-state index is 0.254. The van der Waals surface area contributed by atoms with E-state index in [0.717, 1.165) is 17.8 Å². The number of anilines is 1. The number of thioether (sulfide) groups is 1. The fourth-order valence-electron chi connectivity index (χ4n) is 1.97. The van der Waals surface area contributed by atoms with E-state index in [1.54, 1.807) is 6.08 Å². The molecule has 2 rings (SSSR count). The highest BCUT2D eigenvalue weighted by atomic mass is 32.2. The van der Waals surface area contributed by atoms with Crippen molar-refractivity contribution in [3.8, 4) is 0 Å². The highest BCUT2D eigenvalue weighted by molar-refractivity contribution is 8.15. The second kappa shape index (κ2) is 7.52. The summed E-state index contributed by atoms with van der Waals surface area (Å²) < 4.78 is 38.7. The average molecular weight is 357 g/mol. The smallest absolute Gasteiger partial charge is 0.325 e. The molecule has 5 nitrogen and oxygen atoms in total. The van der Waals surface area contributed by atoms with Crippen LogP contribution < -0.4 is 10.6 Å². The van der Waals surface area contributed by atoms with Crippen LogP contribution in [0.25, 0.3) is 0 Å². The molecule has 0 unspecified atom stereocenters. The minimum atomic E-state index is -4.58. The molecule has 1 atom stereocenters. The number of benzene rings is 1. The van der Waals surface area contributed by atoms with Crippen molar-refractivity contribution in [1.82, 2.24) is 5.32 Å². The zero-order valence-electron chi connectivity index (χ0n) is 12.4. The zero-order chi connectivity index (χ0) is 17.7. The highest BCUT2D eigenvalue weighted by Crippen LogP contribution is 2.34. The van der Waals surface area contributed by atoms with E-state index in [1.165, 1.54) is 18.2 Å². The third-order valence-electron chi connectivity index (χ3n) is 3.02. The minimum Gasteiger partial charge on any atom is -0.325 e. The molecular weight excluding hydrogens is 343 g/mol. The van der Waals surface area contributed by atoms with Crippen LogP contribution in [0.1, 0.15) is 12.0 Å². The molecular formula is C15H14F3N3O2S. The molecule has 1 heterocycles. The number of nitrogens with zero attached hydrogens (tertiary/aromatic N) is 1. The van der Waals surface area contributed by atoms with Gasteiger partial charge in [-0.1, -0.05) is 30.0 Å². The van der Waals surface area contributed by atoms with Gasteiger partial charge >= 0.3 is 6.18 Å². The molecule has 0 radical (unpaired) electrons. The average Bonchev–Trinajstić information content (AvgIpc) is 2.84. The van der Waals surface area contributed by atoms with Gasteiger partial charge in [-0.2, -0.15) is 13.2 Å². The fraction of sp³-hybridized carbons (Fsp3) is 0.267. The van der Waals surface area contributed by atoms with E-state index in [-0.39, 0.29) is 12.1 Å². The number of para-hydroxylation sites is 1. The first-order valence-corrected chi connectivity index (χ1v) is 7.78. The van der Waals surface area contributed by atoms with Crippen LogP contribution >= 0.6 is 11.8 Å². The summed E-state index contributed by atoms with van der Waals surface area (Å²) in [6, 6.07) is 4.68. The molecule has 0 aliphatic carbocycles. The Bertz CT molecular complexity index is 689. The summed E-state index contributed by atoms with van der Waals surface area (Å²) in [5, 5.41) is 4.36. The predicted molar refractivity (Wildman–Crippen MR) is 86.7 cm³/mol. The third kappa shape index (κ3) is 4.60. The van der Waals surface area contributed by atoms with Crippen LogP contribution in [0.5, 0.6) is 0 Å². The van der Waals surface area contributed by atoms with Gasteiger partial charge in [-0.05, 0) is 12.1 Å². The number of hydrogen-bond donors (Lipinski definition) is 2. The van der Waals surface area contributed by atoms with E-state index in [2.05, 4.69) is 22.2 Å². The van der Waals surface area contributed by atoms with Crippen LogP contribution in [-0.4, -0.2) is 28.8 Å². The monoisotopic (exact) mass is 357 g/mol. The quantitative estimate of drug-likeness (QED) is 0.796. The normalized spacial score (nSPS) is 19.2. The van der Waals surface area contributed by atoms with Gasteiger partial charge in [0.1, 0.15) is 5.25 Å². The second-order valence-electron chi connectivity index (χ2n) is 4.83. The fourth-order valence-corrected chi connectivity index (χ4v) is 2.95. The number of carbonyl (C=O) groups is 2. The Morgan fingerprint density at radius 3 is 2.79 bits per heavy atom. The first kappa shape index (κ1) is 18.1. The van der Waals surface area contributed by atoms with E-state index in [9.17, 15) is 22.8 Å². The van der Waals surface area contributed by atoms with Crippen LogP contribution in [0.3, 0.4) is 0 Å². The van der Waals surface area contributed by atoms with Gasteiger partial charge in [0.2, 0.25) is 11.8 Å². The van der Waals surface area contributed by atoms with Crippen molar-refractivity contribution in [2.75, 3.05) is 11.9 Å². The topological polar surface area (TPSA) is 70.6 Å². The molecule has 2 amide bonds. The molecule has 1 aliphatic heterocycles. The molecule has 0 bridgehead atoms. The molecule has 9 heteroatoms. The number of halogens is 3. The standard InChI is InChI=1S/C15H14F3N3O2S/c1-2-7-19-14-21-13(23)11(24-14)8-12(22)20-10-6-4-3-5-9(10)15(16,17)18/h2-6,11H,1,7-8H2,(H,20,22)(H,19,21,23)/t11-/m1/s1. The van der Waals surface area contributed by atoms with E-state index in [4.69, 9.17) is 0 Å². The predicted octanol–water partition coefficient (Wildman–Crippen LogP) is 2.81. The van der Waals surface area contributed by atoms with Gasteiger partial charge in [-0.15, -0.1) is 6.58 Å². The Morgan fingerprint density at radius 2 is 2.12 bits per heavy atom. The summed E-state index contributed by atoms with van der Waals surface area (Å²) in [6.45, 7) is 3.82. The van der Waals surface area contributed by atoms with Gasteiger partial charge in [0.25, 0.3) is 0 Å². The van der Waals surface area contributed by atoms with Crippen molar-refractivity contribution in [3.63, 3.8) is 0 Å². The maximum absolute atomic E-state index is 12.9. The van der Waals surface area contributed by atoms with Gasteiger partial charge in [0.15, 0.2) is 5.17 Å². The molecule has 2 N–H and O–H groups in total. The Balaban J connectivity index is 2.02. The SMILES string of the molecule is C=CCN=C1NC(=O)[C@@H](CC(=O)Nc2ccccc2C(F)(F)F)S1. The number of carbonyl (C=O) groups excluding carboxylic acids is 2. The molecule has 0 saturated carbocycles. The van der Waals surface area contributed by atoms with Crippen molar-refractivity contribution in [3.05, 3.63) is 42.5 Å². The highest BCUT2D eigenvalue weighted by Gasteiger charge is 2.35. The van der Waals surface area contributed by atoms with Crippen molar-refractivity contribution in [2.45, 2.75) is 17.8 Å². The van der Waals surface area contributed by atoms with Gasteiger partial charge in [-0.25, -0.2) is 0 Å². The molecule has 1 aromatic carbocycles. The zero-order valence-corrected chi connectivity index (χ0v) is 13.2. The number of amides is 2. The van der Waals surface area contributed by atoms with Gasteiger partial charge in [0.05, 0.1) is 17.8 Å². The van der Waals surface area contributed by atoms with Gasteiger partial charge in [0, 0.05) is 6.42 Å². The molecule has 0 spiro atoms. The van der Waals surface area contributed by atoms with Crippen LogP contribution in [-0.2, 0) is 15.8 Å². The lowest BCUT2D eigenvalue weighted by molar-refractivity contribution is -0.137. The number of amidine groups is 1. The number of hydrogen-bond acceptors (Lipinski definition) is 4. The largest absolute Gasteiger partial charge is 0.418 e.